The van der Waals surface area contributed by atoms with Crippen molar-refractivity contribution >= 4 is 38.3 Å². The first-order valence-corrected chi connectivity index (χ1v) is 7.34. The standard InChI is InChI=1S/C13H15ClN2OS/c1-8-6-10(4-5-17-8)15-13-16-11-3-2-9(14)7-12(11)18-13/h2-3,7-8,10H,4-6H2,1H3,(H,15,16). The van der Waals surface area contributed by atoms with Gasteiger partial charge in [-0.2, -0.15) is 0 Å². The highest BCUT2D eigenvalue weighted by atomic mass is 35.5. The molecule has 2 aromatic rings. The SMILES string of the molecule is CC1CC(Nc2nc3ccc(Cl)cc3s2)CCO1. The number of ether oxygens (including phenoxy) is 1. The predicted molar refractivity (Wildman–Crippen MR) is 76.7 cm³/mol. The van der Waals surface area contributed by atoms with Crippen LogP contribution in [0, 0.1) is 0 Å². The summed E-state index contributed by atoms with van der Waals surface area (Å²) in [5.41, 5.74) is 1.01. The number of fused-ring (bicyclic) bond motifs is 1. The Morgan fingerprint density at radius 2 is 2.39 bits per heavy atom. The fourth-order valence-electron chi connectivity index (χ4n) is 2.26. The van der Waals surface area contributed by atoms with Crippen LogP contribution in [0.15, 0.2) is 18.2 Å². The summed E-state index contributed by atoms with van der Waals surface area (Å²) in [5, 5.41) is 5.24. The maximum Gasteiger partial charge on any atom is 0.184 e. The predicted octanol–water partition coefficient (Wildman–Crippen LogP) is 3.93. The number of nitrogens with zero attached hydrogens (tertiary/aromatic N) is 1. The fraction of sp³-hybridized carbons (Fsp3) is 0.462. The van der Waals surface area contributed by atoms with Gasteiger partial charge in [0, 0.05) is 17.7 Å². The van der Waals surface area contributed by atoms with Crippen molar-refractivity contribution in [1.29, 1.82) is 0 Å². The fourth-order valence-corrected chi connectivity index (χ4v) is 3.48. The molecule has 1 N–H and O–H groups in total. The zero-order chi connectivity index (χ0) is 12.5. The van der Waals surface area contributed by atoms with E-state index in [0.717, 1.165) is 39.8 Å². The maximum atomic E-state index is 5.98. The third-order valence-corrected chi connectivity index (χ3v) is 4.35. The van der Waals surface area contributed by atoms with E-state index in [1.807, 2.05) is 18.2 Å². The summed E-state index contributed by atoms with van der Waals surface area (Å²) in [6.45, 7) is 2.95. The molecule has 0 amide bonds. The molecule has 1 saturated heterocycles. The van der Waals surface area contributed by atoms with Crippen molar-refractivity contribution in [2.45, 2.75) is 31.9 Å². The van der Waals surface area contributed by atoms with Crippen molar-refractivity contribution in [2.24, 2.45) is 0 Å². The minimum atomic E-state index is 0.333. The molecule has 0 saturated carbocycles. The number of aromatic nitrogens is 1. The van der Waals surface area contributed by atoms with Crippen molar-refractivity contribution in [1.82, 2.24) is 4.98 Å². The topological polar surface area (TPSA) is 34.2 Å². The monoisotopic (exact) mass is 282 g/mol. The van der Waals surface area contributed by atoms with Gasteiger partial charge in [0.05, 0.1) is 16.3 Å². The van der Waals surface area contributed by atoms with Gasteiger partial charge >= 0.3 is 0 Å². The van der Waals surface area contributed by atoms with E-state index in [9.17, 15) is 0 Å². The number of hydrogen-bond acceptors (Lipinski definition) is 4. The summed E-state index contributed by atoms with van der Waals surface area (Å²) in [7, 11) is 0. The largest absolute Gasteiger partial charge is 0.378 e. The second-order valence-corrected chi connectivity index (χ2v) is 6.15. The molecule has 1 aliphatic rings. The Balaban J connectivity index is 1.78. The normalized spacial score (nSPS) is 24.3. The van der Waals surface area contributed by atoms with E-state index >= 15 is 0 Å². The first-order valence-electron chi connectivity index (χ1n) is 6.15. The van der Waals surface area contributed by atoms with E-state index in [4.69, 9.17) is 16.3 Å². The molecule has 3 rings (SSSR count). The van der Waals surface area contributed by atoms with Gasteiger partial charge in [0.1, 0.15) is 0 Å². The van der Waals surface area contributed by atoms with Crippen molar-refractivity contribution in [2.75, 3.05) is 11.9 Å². The molecule has 0 aliphatic carbocycles. The molecule has 1 fully saturated rings. The van der Waals surface area contributed by atoms with Crippen LogP contribution in [0.5, 0.6) is 0 Å². The molecule has 3 nitrogen and oxygen atoms in total. The van der Waals surface area contributed by atoms with Gasteiger partial charge in [0.25, 0.3) is 0 Å². The molecule has 1 aromatic heterocycles. The molecule has 1 aromatic carbocycles. The van der Waals surface area contributed by atoms with Crippen LogP contribution in [0.3, 0.4) is 0 Å². The van der Waals surface area contributed by atoms with Gasteiger partial charge in [0.15, 0.2) is 5.13 Å². The van der Waals surface area contributed by atoms with E-state index in [1.54, 1.807) is 11.3 Å². The molecule has 0 spiro atoms. The van der Waals surface area contributed by atoms with Crippen LogP contribution in [0.2, 0.25) is 5.02 Å². The lowest BCUT2D eigenvalue weighted by atomic mass is 10.1. The number of nitrogens with one attached hydrogen (secondary N) is 1. The Morgan fingerprint density at radius 1 is 1.50 bits per heavy atom. The van der Waals surface area contributed by atoms with Crippen LogP contribution >= 0.6 is 22.9 Å². The van der Waals surface area contributed by atoms with E-state index in [-0.39, 0.29) is 0 Å². The quantitative estimate of drug-likeness (QED) is 0.906. The molecule has 0 radical (unpaired) electrons. The van der Waals surface area contributed by atoms with E-state index < -0.39 is 0 Å². The van der Waals surface area contributed by atoms with Gasteiger partial charge in [-0.1, -0.05) is 22.9 Å². The summed E-state index contributed by atoms with van der Waals surface area (Å²) in [4.78, 5) is 4.58. The molecule has 1 aliphatic heterocycles. The van der Waals surface area contributed by atoms with E-state index in [0.29, 0.717) is 12.1 Å². The van der Waals surface area contributed by atoms with Gasteiger partial charge < -0.3 is 10.1 Å². The van der Waals surface area contributed by atoms with E-state index in [1.165, 1.54) is 0 Å². The smallest absolute Gasteiger partial charge is 0.184 e. The van der Waals surface area contributed by atoms with Crippen LogP contribution in [-0.4, -0.2) is 23.7 Å². The number of halogens is 1. The molecule has 2 unspecified atom stereocenters. The Morgan fingerprint density at radius 3 is 3.22 bits per heavy atom. The number of thiazole rings is 1. The first kappa shape index (κ1) is 12.2. The summed E-state index contributed by atoms with van der Waals surface area (Å²) in [6.07, 6.45) is 2.41. The van der Waals surface area contributed by atoms with Crippen LogP contribution in [0.1, 0.15) is 19.8 Å². The molecule has 2 atom stereocenters. The highest BCUT2D eigenvalue weighted by Gasteiger charge is 2.20. The van der Waals surface area contributed by atoms with Gasteiger partial charge in [0.2, 0.25) is 0 Å². The van der Waals surface area contributed by atoms with Gasteiger partial charge in [-0.15, -0.1) is 0 Å². The zero-order valence-electron chi connectivity index (χ0n) is 10.1. The van der Waals surface area contributed by atoms with Crippen molar-refractivity contribution in [3.05, 3.63) is 23.2 Å². The number of anilines is 1. The average Bonchev–Trinajstić information content (AvgIpc) is 2.70. The second-order valence-electron chi connectivity index (χ2n) is 4.68. The van der Waals surface area contributed by atoms with Gasteiger partial charge in [-0.3, -0.25) is 0 Å². The Labute approximate surface area is 115 Å². The molecular formula is C13H15ClN2OS. The van der Waals surface area contributed by atoms with E-state index in [2.05, 4.69) is 17.2 Å². The van der Waals surface area contributed by atoms with Crippen LogP contribution in [-0.2, 0) is 4.74 Å². The van der Waals surface area contributed by atoms with Crippen LogP contribution in [0.4, 0.5) is 5.13 Å². The highest BCUT2D eigenvalue weighted by molar-refractivity contribution is 7.22. The molecule has 18 heavy (non-hydrogen) atoms. The minimum Gasteiger partial charge on any atom is -0.378 e. The molecule has 0 bridgehead atoms. The van der Waals surface area contributed by atoms with Crippen LogP contribution < -0.4 is 5.32 Å². The number of hydrogen-bond donors (Lipinski definition) is 1. The van der Waals surface area contributed by atoms with Gasteiger partial charge in [-0.25, -0.2) is 4.98 Å². The summed E-state index contributed by atoms with van der Waals surface area (Å²) in [5.74, 6) is 0. The third-order valence-electron chi connectivity index (χ3n) is 3.16. The molecule has 96 valence electrons. The summed E-state index contributed by atoms with van der Waals surface area (Å²) < 4.78 is 6.68. The lowest BCUT2D eigenvalue weighted by Gasteiger charge is -2.27. The number of rotatable bonds is 2. The lowest BCUT2D eigenvalue weighted by Crippen LogP contribution is -2.32. The minimum absolute atomic E-state index is 0.333. The summed E-state index contributed by atoms with van der Waals surface area (Å²) in [6, 6.07) is 6.27. The Bertz CT molecular complexity index is 557. The van der Waals surface area contributed by atoms with Gasteiger partial charge in [-0.05, 0) is 38.0 Å². The lowest BCUT2D eigenvalue weighted by molar-refractivity contribution is 0.0232. The second kappa shape index (κ2) is 5.03. The number of benzene rings is 1. The molecule has 2 heterocycles. The maximum absolute atomic E-state index is 5.98. The summed E-state index contributed by atoms with van der Waals surface area (Å²) >= 11 is 7.64. The Kier molecular flexibility index (Phi) is 3.41. The average molecular weight is 283 g/mol. The van der Waals surface area contributed by atoms with Crippen molar-refractivity contribution in [3.63, 3.8) is 0 Å². The zero-order valence-corrected chi connectivity index (χ0v) is 11.7. The Hall–Kier alpha value is -0.840. The first-order chi connectivity index (χ1) is 8.70. The van der Waals surface area contributed by atoms with Crippen molar-refractivity contribution in [3.8, 4) is 0 Å². The highest BCUT2D eigenvalue weighted by Crippen LogP contribution is 2.29. The molecule has 5 heteroatoms. The third kappa shape index (κ3) is 2.60. The van der Waals surface area contributed by atoms with Crippen LogP contribution in [0.25, 0.3) is 10.2 Å². The molecular weight excluding hydrogens is 268 g/mol. The van der Waals surface area contributed by atoms with Crippen molar-refractivity contribution < 1.29 is 4.74 Å².